The molecule has 2 aliphatic heterocycles. The summed E-state index contributed by atoms with van der Waals surface area (Å²) in [6.07, 6.45) is -1.65. The fourth-order valence-corrected chi connectivity index (χ4v) is 10.3. The van der Waals surface area contributed by atoms with Crippen LogP contribution in [-0.4, -0.2) is 104 Å². The molecule has 4 aliphatic rings. The Labute approximate surface area is 379 Å². The van der Waals surface area contributed by atoms with Gasteiger partial charge in [-0.25, -0.2) is 0 Å². The van der Waals surface area contributed by atoms with Crippen LogP contribution in [0.5, 0.6) is 0 Å². The van der Waals surface area contributed by atoms with Gasteiger partial charge in [-0.05, 0) is 105 Å². The number of benzene rings is 3. The van der Waals surface area contributed by atoms with Crippen LogP contribution in [0.3, 0.4) is 0 Å². The number of carbonyl (C=O) groups is 3. The van der Waals surface area contributed by atoms with E-state index >= 15 is 0 Å². The molecule has 3 aromatic carbocycles. The number of ether oxygens (including phenoxy) is 2. The number of alkyl halides is 6. The van der Waals surface area contributed by atoms with E-state index in [0.29, 0.717) is 69.6 Å². The van der Waals surface area contributed by atoms with Crippen LogP contribution in [0.15, 0.2) is 60.7 Å². The minimum absolute atomic E-state index is 0.000272. The monoisotopic (exact) mass is 938 g/mol. The molecule has 7 rings (SSSR count). The third kappa shape index (κ3) is 11.0. The average molecular weight is 940 g/mol. The first-order chi connectivity index (χ1) is 30.4. The zero-order valence-corrected chi connectivity index (χ0v) is 37.3. The maximum atomic E-state index is 13.9. The molecule has 2 aliphatic carbocycles. The van der Waals surface area contributed by atoms with Gasteiger partial charge in [0, 0.05) is 50.1 Å². The average Bonchev–Trinajstić information content (AvgIpc) is 3.57. The van der Waals surface area contributed by atoms with Crippen LogP contribution < -0.4 is 5.32 Å². The molecule has 2 saturated heterocycles. The number of hydrogen-bond donors (Lipinski definition) is 1. The number of halogens is 8. The number of likely N-dealkylation sites (N-methyl/N-ethyl adjacent to an activating group) is 1. The lowest BCUT2D eigenvalue weighted by molar-refractivity contribution is -0.143. The molecule has 2 atom stereocenters. The van der Waals surface area contributed by atoms with E-state index in [1.165, 1.54) is 22.4 Å². The number of fused-ring (bicyclic) bond motifs is 2. The predicted octanol–water partition coefficient (Wildman–Crippen LogP) is 9.45. The maximum Gasteiger partial charge on any atom is 0.416 e. The molecule has 0 radical (unpaired) electrons. The van der Waals surface area contributed by atoms with Crippen molar-refractivity contribution in [3.8, 4) is 0 Å². The summed E-state index contributed by atoms with van der Waals surface area (Å²) in [6, 6.07) is 14.3. The molecule has 0 aromatic heterocycles. The number of carbonyl (C=O) groups excluding carboxylic acids is 3. The molecular formula is C47H54Cl2F6N4O5. The summed E-state index contributed by atoms with van der Waals surface area (Å²) in [5.41, 5.74) is -2.53. The molecule has 1 N–H and O–H groups in total. The van der Waals surface area contributed by atoms with E-state index in [-0.39, 0.29) is 71.8 Å². The Balaban J connectivity index is 1.01. The Kier molecular flexibility index (Phi) is 15.0. The van der Waals surface area contributed by atoms with Gasteiger partial charge in [-0.2, -0.15) is 26.3 Å². The quantitative estimate of drug-likeness (QED) is 0.172. The van der Waals surface area contributed by atoms with Crippen LogP contribution in [0.4, 0.5) is 26.3 Å². The molecule has 0 unspecified atom stereocenters. The van der Waals surface area contributed by atoms with Gasteiger partial charge in [0.2, 0.25) is 11.8 Å². The van der Waals surface area contributed by atoms with Crippen molar-refractivity contribution in [2.24, 2.45) is 0 Å². The van der Waals surface area contributed by atoms with Gasteiger partial charge in [0.15, 0.2) is 0 Å². The number of nitrogens with zero attached hydrogens (tertiary/aromatic N) is 3. The van der Waals surface area contributed by atoms with Gasteiger partial charge in [0.05, 0.1) is 40.4 Å². The number of amides is 3. The van der Waals surface area contributed by atoms with E-state index in [1.807, 2.05) is 12.1 Å². The molecule has 17 heteroatoms. The van der Waals surface area contributed by atoms with Crippen molar-refractivity contribution in [1.29, 1.82) is 0 Å². The number of rotatable bonds is 13. The Bertz CT molecular complexity index is 2130. The molecule has 1 saturated carbocycles. The third-order valence-corrected chi connectivity index (χ3v) is 14.3. The highest BCUT2D eigenvalue weighted by atomic mass is 35.5. The van der Waals surface area contributed by atoms with Crippen LogP contribution in [0.1, 0.15) is 102 Å². The van der Waals surface area contributed by atoms with Crippen molar-refractivity contribution in [3.63, 3.8) is 0 Å². The van der Waals surface area contributed by atoms with E-state index in [4.69, 9.17) is 32.7 Å². The highest BCUT2D eigenvalue weighted by molar-refractivity contribution is 6.42. The van der Waals surface area contributed by atoms with Crippen LogP contribution >= 0.6 is 23.2 Å². The van der Waals surface area contributed by atoms with E-state index in [2.05, 4.69) is 22.3 Å². The van der Waals surface area contributed by atoms with Crippen LogP contribution in [-0.2, 0) is 48.9 Å². The lowest BCUT2D eigenvalue weighted by Gasteiger charge is -2.46. The molecule has 3 fully saturated rings. The van der Waals surface area contributed by atoms with Gasteiger partial charge in [0.25, 0.3) is 5.91 Å². The largest absolute Gasteiger partial charge is 0.416 e. The van der Waals surface area contributed by atoms with Crippen molar-refractivity contribution in [2.75, 3.05) is 59.5 Å². The lowest BCUT2D eigenvalue weighted by Crippen LogP contribution is -2.54. The van der Waals surface area contributed by atoms with E-state index < -0.39 is 40.6 Å². The molecule has 3 aromatic rings. The topological polar surface area (TPSA) is 91.4 Å². The Hall–Kier alpha value is -3.89. The molecule has 1 spiro atoms. The summed E-state index contributed by atoms with van der Waals surface area (Å²) >= 11 is 12.7. The second kappa shape index (κ2) is 19.9. The zero-order chi connectivity index (χ0) is 45.9. The smallest absolute Gasteiger partial charge is 0.367 e. The van der Waals surface area contributed by atoms with Gasteiger partial charge >= 0.3 is 12.4 Å². The number of hydrogen-bond acceptors (Lipinski definition) is 6. The zero-order valence-electron chi connectivity index (χ0n) is 35.8. The van der Waals surface area contributed by atoms with Gasteiger partial charge in [-0.3, -0.25) is 14.4 Å². The summed E-state index contributed by atoms with van der Waals surface area (Å²) in [6.45, 7) is 1.83. The van der Waals surface area contributed by atoms with E-state index in [1.54, 1.807) is 30.1 Å². The number of piperidine rings is 1. The molecular weight excluding hydrogens is 885 g/mol. The Morgan fingerprint density at radius 2 is 1.58 bits per heavy atom. The standard InChI is InChI=1S/C47H54Cl2F6N4O5/c1-57(18-7-12-41(60)56-36-9-3-2-4-10-36)42(61)29-63-40-26-31-8-5-6-11-37(31)44(40)15-19-58(20-16-44)21-17-45(33-13-14-38(48)39(49)28-33)30-59(22-23-64-45)43(62)32-24-34(46(50,51)52)27-35(25-32)47(53,54)55/h5-6,8,11,13-14,24-25,27-28,36,40H,2-4,7,9-10,12,15-23,26,29-30H2,1H3,(H,56,60)/t40-,45-/m0/s1. The van der Waals surface area contributed by atoms with E-state index in [0.717, 1.165) is 38.5 Å². The number of likely N-dealkylation sites (tertiary alicyclic amines) is 1. The first-order valence-electron chi connectivity index (χ1n) is 22.0. The minimum atomic E-state index is -5.12. The van der Waals surface area contributed by atoms with E-state index in [9.17, 15) is 40.7 Å². The molecule has 9 nitrogen and oxygen atoms in total. The van der Waals surface area contributed by atoms with Crippen molar-refractivity contribution >= 4 is 40.9 Å². The summed E-state index contributed by atoms with van der Waals surface area (Å²) in [7, 11) is 1.73. The maximum absolute atomic E-state index is 13.9. The summed E-state index contributed by atoms with van der Waals surface area (Å²) in [5.74, 6) is -1.12. The fourth-order valence-electron chi connectivity index (χ4n) is 9.98. The van der Waals surface area contributed by atoms with Crippen molar-refractivity contribution in [3.05, 3.63) is 104 Å². The third-order valence-electron chi connectivity index (χ3n) is 13.6. The molecule has 64 heavy (non-hydrogen) atoms. The molecule has 348 valence electrons. The highest BCUT2D eigenvalue weighted by Gasteiger charge is 2.50. The van der Waals surface area contributed by atoms with Gasteiger partial charge in [-0.15, -0.1) is 0 Å². The second-order valence-electron chi connectivity index (χ2n) is 17.7. The Morgan fingerprint density at radius 1 is 0.891 bits per heavy atom. The summed E-state index contributed by atoms with van der Waals surface area (Å²) in [5, 5.41) is 3.61. The normalized spacial score (nSPS) is 21.8. The summed E-state index contributed by atoms with van der Waals surface area (Å²) < 4.78 is 95.5. The van der Waals surface area contributed by atoms with Crippen LogP contribution in [0.2, 0.25) is 10.0 Å². The number of morpholine rings is 1. The molecule has 0 bridgehead atoms. The first kappa shape index (κ1) is 48.1. The van der Waals surface area contributed by atoms with Crippen LogP contribution in [0, 0.1) is 0 Å². The predicted molar refractivity (Wildman–Crippen MR) is 230 cm³/mol. The highest BCUT2D eigenvalue weighted by Crippen LogP contribution is 2.48. The molecule has 2 heterocycles. The van der Waals surface area contributed by atoms with Gasteiger partial charge < -0.3 is 29.5 Å². The SMILES string of the molecule is CN(CCCC(=O)NC1CCCCC1)C(=O)CO[C@H]1Cc2ccccc2C12CCN(CC[C@@]1(c3ccc(Cl)c(Cl)c3)CN(C(=O)c3cc(C(F)(F)F)cc(C(F)(F)F)c3)CCO1)CC2. The first-order valence-corrected chi connectivity index (χ1v) is 22.8. The Morgan fingerprint density at radius 3 is 2.25 bits per heavy atom. The minimum Gasteiger partial charge on any atom is -0.367 e. The van der Waals surface area contributed by atoms with Crippen LogP contribution in [0.25, 0.3) is 0 Å². The fraction of sp³-hybridized carbons (Fsp3) is 0.553. The van der Waals surface area contributed by atoms with Crippen molar-refractivity contribution in [2.45, 2.75) is 106 Å². The molecule has 3 amide bonds. The van der Waals surface area contributed by atoms with Crippen molar-refractivity contribution < 1.29 is 50.2 Å². The second-order valence-corrected chi connectivity index (χ2v) is 18.5. The van der Waals surface area contributed by atoms with Gasteiger partial charge in [0.1, 0.15) is 12.2 Å². The summed E-state index contributed by atoms with van der Waals surface area (Å²) in [4.78, 5) is 44.8. The van der Waals surface area contributed by atoms with Gasteiger partial charge in [-0.1, -0.05) is 72.8 Å². The van der Waals surface area contributed by atoms with Crippen molar-refractivity contribution in [1.82, 2.24) is 20.0 Å². The number of nitrogens with one attached hydrogen (secondary N) is 1. The lowest BCUT2D eigenvalue weighted by atomic mass is 9.72.